The van der Waals surface area contributed by atoms with Gasteiger partial charge in [0.15, 0.2) is 15.2 Å². The maximum absolute atomic E-state index is 12.7. The summed E-state index contributed by atoms with van der Waals surface area (Å²) in [6.07, 6.45) is 4.51. The van der Waals surface area contributed by atoms with Crippen LogP contribution in [0.15, 0.2) is 53.4 Å². The van der Waals surface area contributed by atoms with Crippen LogP contribution in [-0.4, -0.2) is 69.9 Å². The first-order valence-electron chi connectivity index (χ1n) is 8.43. The van der Waals surface area contributed by atoms with Crippen LogP contribution >= 0.6 is 0 Å². The van der Waals surface area contributed by atoms with Crippen molar-refractivity contribution < 1.29 is 37.8 Å². The number of nitrogens with one attached hydrogen (secondary N) is 1. The molecule has 1 saturated heterocycles. The molecule has 0 bridgehead atoms. The average molecular weight is 433 g/mol. The van der Waals surface area contributed by atoms with Crippen LogP contribution < -0.4 is 5.32 Å². The minimum Gasteiger partial charge on any atom is -0.480 e. The number of rotatable bonds is 6. The fourth-order valence-corrected chi connectivity index (χ4v) is 4.94. The van der Waals surface area contributed by atoms with Gasteiger partial charge in [-0.05, 0) is 23.8 Å². The number of nitrogens with zero attached hydrogens (tertiary/aromatic N) is 2. The van der Waals surface area contributed by atoms with Crippen molar-refractivity contribution in [2.75, 3.05) is 12.3 Å². The van der Waals surface area contributed by atoms with Crippen molar-refractivity contribution in [2.24, 2.45) is 0 Å². The van der Waals surface area contributed by atoms with Crippen molar-refractivity contribution in [3.05, 3.63) is 59.1 Å². The first-order valence-corrected chi connectivity index (χ1v) is 10.2. The molecule has 11 nitrogen and oxygen atoms in total. The lowest BCUT2D eigenvalue weighted by Gasteiger charge is -2.45. The molecule has 2 amide bonds. The summed E-state index contributed by atoms with van der Waals surface area (Å²) in [5, 5.41) is 18.6. The Kier molecular flexibility index (Phi) is 5.52. The van der Waals surface area contributed by atoms with Crippen LogP contribution in [0.4, 0.5) is 0 Å². The molecule has 0 aliphatic carbocycles. The van der Waals surface area contributed by atoms with Gasteiger partial charge in [0.1, 0.15) is 12.2 Å². The smallest absolute Gasteiger partial charge is 0.352 e. The molecule has 0 saturated carbocycles. The number of amides is 2. The van der Waals surface area contributed by atoms with Crippen LogP contribution in [0.3, 0.4) is 0 Å². The van der Waals surface area contributed by atoms with Crippen LogP contribution in [0, 0.1) is 0 Å². The zero-order chi connectivity index (χ0) is 22.1. The van der Waals surface area contributed by atoms with E-state index in [-0.39, 0.29) is 11.1 Å². The van der Waals surface area contributed by atoms with E-state index in [2.05, 4.69) is 4.98 Å². The van der Waals surface area contributed by atoms with Crippen molar-refractivity contribution in [1.82, 2.24) is 15.2 Å². The van der Waals surface area contributed by atoms with Crippen LogP contribution in [0.5, 0.6) is 0 Å². The summed E-state index contributed by atoms with van der Waals surface area (Å²) in [5.41, 5.74) is -0.582. The number of allylic oxidation sites excluding steroid dienone is 1. The highest BCUT2D eigenvalue weighted by atomic mass is 32.2. The zero-order valence-corrected chi connectivity index (χ0v) is 16.0. The monoisotopic (exact) mass is 433 g/mol. The molecule has 1 aromatic rings. The van der Waals surface area contributed by atoms with E-state index in [4.69, 9.17) is 5.11 Å². The molecule has 0 unspecified atom stereocenters. The molecule has 0 spiro atoms. The third kappa shape index (κ3) is 3.98. The maximum Gasteiger partial charge on any atom is 0.352 e. The number of carbonyl (C=O) groups excluding carboxylic acids is 2. The average Bonchev–Trinajstić information content (AvgIpc) is 2.68. The highest BCUT2D eigenvalue weighted by Crippen LogP contribution is 2.41. The first-order chi connectivity index (χ1) is 14.1. The van der Waals surface area contributed by atoms with E-state index in [1.54, 1.807) is 18.2 Å². The Morgan fingerprint density at radius 2 is 2.00 bits per heavy atom. The van der Waals surface area contributed by atoms with Gasteiger partial charge in [-0.25, -0.2) is 13.2 Å². The number of pyridine rings is 1. The van der Waals surface area contributed by atoms with E-state index in [0.717, 1.165) is 12.2 Å². The van der Waals surface area contributed by atoms with E-state index in [0.29, 0.717) is 10.6 Å². The van der Waals surface area contributed by atoms with Crippen LogP contribution in [-0.2, 0) is 29.0 Å². The molecular weight excluding hydrogens is 418 g/mol. The van der Waals surface area contributed by atoms with Gasteiger partial charge < -0.3 is 15.5 Å². The van der Waals surface area contributed by atoms with Gasteiger partial charge in [-0.3, -0.25) is 24.3 Å². The SMILES string of the molecule is O=C(O)CNC(=O)/C=C/C1=C(C(=O)O)N2C(=O)/C(=C/c3ccccn3)[C@H]2S(=O)(=O)C1. The largest absolute Gasteiger partial charge is 0.480 e. The maximum atomic E-state index is 12.7. The summed E-state index contributed by atoms with van der Waals surface area (Å²) < 4.78 is 25.5. The molecular formula is C18H15N3O8S. The molecule has 0 aromatic carbocycles. The van der Waals surface area contributed by atoms with Crippen LogP contribution in [0.25, 0.3) is 6.08 Å². The fraction of sp³-hybridized carbons (Fsp3) is 0.167. The Hall–Kier alpha value is -3.80. The number of aliphatic carboxylic acids is 2. The molecule has 1 aromatic heterocycles. The second-order valence-corrected chi connectivity index (χ2v) is 8.37. The molecule has 12 heteroatoms. The number of sulfone groups is 1. The molecule has 1 atom stereocenters. The van der Waals surface area contributed by atoms with Crippen molar-refractivity contribution in [3.8, 4) is 0 Å². The van der Waals surface area contributed by atoms with Gasteiger partial charge in [0.25, 0.3) is 5.91 Å². The third-order valence-corrected chi connectivity index (χ3v) is 6.11. The topological polar surface area (TPSA) is 171 Å². The van der Waals surface area contributed by atoms with Gasteiger partial charge in [-0.1, -0.05) is 12.1 Å². The van der Waals surface area contributed by atoms with Crippen molar-refractivity contribution in [3.63, 3.8) is 0 Å². The lowest BCUT2D eigenvalue weighted by Crippen LogP contribution is -2.62. The first kappa shape index (κ1) is 20.9. The van der Waals surface area contributed by atoms with Gasteiger partial charge in [-0.2, -0.15) is 0 Å². The lowest BCUT2D eigenvalue weighted by molar-refractivity contribution is -0.141. The summed E-state index contributed by atoms with van der Waals surface area (Å²) in [6.45, 7) is -0.666. The highest BCUT2D eigenvalue weighted by molar-refractivity contribution is 7.92. The zero-order valence-electron chi connectivity index (χ0n) is 15.2. The Labute approximate surface area is 169 Å². The number of fused-ring (bicyclic) bond motifs is 1. The molecule has 156 valence electrons. The van der Waals surface area contributed by atoms with Gasteiger partial charge in [0.2, 0.25) is 5.91 Å². The quantitative estimate of drug-likeness (QED) is 0.382. The van der Waals surface area contributed by atoms with Crippen molar-refractivity contribution in [2.45, 2.75) is 5.37 Å². The summed E-state index contributed by atoms with van der Waals surface area (Å²) in [6, 6.07) is 4.86. The Morgan fingerprint density at radius 3 is 2.60 bits per heavy atom. The van der Waals surface area contributed by atoms with Gasteiger partial charge >= 0.3 is 11.9 Å². The lowest BCUT2D eigenvalue weighted by atomic mass is 10.0. The molecule has 2 aliphatic rings. The van der Waals surface area contributed by atoms with E-state index in [1.807, 2.05) is 5.32 Å². The predicted octanol–water partition coefficient (Wildman–Crippen LogP) is -0.843. The van der Waals surface area contributed by atoms with E-state index in [1.165, 1.54) is 12.3 Å². The fourth-order valence-electron chi connectivity index (χ4n) is 3.03. The number of hydrogen-bond donors (Lipinski definition) is 3. The predicted molar refractivity (Wildman–Crippen MR) is 101 cm³/mol. The van der Waals surface area contributed by atoms with Gasteiger partial charge in [0.05, 0.1) is 17.0 Å². The number of carboxylic acids is 2. The molecule has 2 aliphatic heterocycles. The summed E-state index contributed by atoms with van der Waals surface area (Å²) in [7, 11) is -4.00. The van der Waals surface area contributed by atoms with Crippen LogP contribution in [0.1, 0.15) is 5.69 Å². The van der Waals surface area contributed by atoms with E-state index < -0.39 is 57.0 Å². The van der Waals surface area contributed by atoms with Gasteiger partial charge in [-0.15, -0.1) is 0 Å². The normalized spacial score (nSPS) is 21.3. The summed E-state index contributed by atoms with van der Waals surface area (Å²) >= 11 is 0. The second-order valence-electron chi connectivity index (χ2n) is 6.31. The van der Waals surface area contributed by atoms with E-state index in [9.17, 15) is 32.7 Å². The Morgan fingerprint density at radius 1 is 1.27 bits per heavy atom. The Bertz CT molecular complexity index is 1140. The minimum absolute atomic E-state index is 0.102. The molecule has 1 fully saturated rings. The number of hydrogen-bond acceptors (Lipinski definition) is 7. The van der Waals surface area contributed by atoms with E-state index >= 15 is 0 Å². The highest BCUT2D eigenvalue weighted by Gasteiger charge is 2.56. The number of carboxylic acid groups (broad SMARTS) is 2. The number of aromatic nitrogens is 1. The molecule has 30 heavy (non-hydrogen) atoms. The third-order valence-electron chi connectivity index (χ3n) is 4.25. The standard InChI is InChI=1S/C18H15N3O8S/c22-13(20-8-14(23)24)5-4-10-9-30(28,29)17-12(7-11-3-1-2-6-19-11)16(25)21(17)15(10)18(26)27/h1-7,17H,8-9H2,(H,20,22)(H,23,24)(H,26,27)/b5-4+,12-7-/t17-/m1/s1. The number of carbonyl (C=O) groups is 4. The van der Waals surface area contributed by atoms with Crippen molar-refractivity contribution >= 4 is 39.7 Å². The van der Waals surface area contributed by atoms with Crippen molar-refractivity contribution in [1.29, 1.82) is 0 Å². The minimum atomic E-state index is -4.00. The second kappa shape index (κ2) is 7.91. The number of β-lactam (4-membered cyclic amide) rings is 1. The molecule has 3 rings (SSSR count). The van der Waals surface area contributed by atoms with Gasteiger partial charge in [0, 0.05) is 12.3 Å². The Balaban J connectivity index is 1.96. The molecule has 3 heterocycles. The summed E-state index contributed by atoms with van der Waals surface area (Å²) in [4.78, 5) is 51.1. The molecule has 0 radical (unpaired) electrons. The summed E-state index contributed by atoms with van der Waals surface area (Å²) in [5.74, 6) is -5.20. The van der Waals surface area contributed by atoms with Crippen LogP contribution in [0.2, 0.25) is 0 Å². The molecule has 3 N–H and O–H groups in total.